The number of ether oxygens (including phenoxy) is 1. The van der Waals surface area contributed by atoms with Gasteiger partial charge in [-0.05, 0) is 33.6 Å². The highest BCUT2D eigenvalue weighted by molar-refractivity contribution is 5.65. The molecule has 0 radical (unpaired) electrons. The summed E-state index contributed by atoms with van der Waals surface area (Å²) in [6.07, 6.45) is 1.99. The first-order valence-corrected chi connectivity index (χ1v) is 6.08. The van der Waals surface area contributed by atoms with Crippen LogP contribution in [0.5, 0.6) is 0 Å². The van der Waals surface area contributed by atoms with Gasteiger partial charge in [-0.3, -0.25) is 4.68 Å². The molecule has 1 aromatic heterocycles. The minimum Gasteiger partial charge on any atom is -0.394 e. The molecule has 1 atom stereocenters. The summed E-state index contributed by atoms with van der Waals surface area (Å²) in [6.45, 7) is 6.97. The zero-order valence-electron chi connectivity index (χ0n) is 11.1. The van der Waals surface area contributed by atoms with Crippen LogP contribution in [0.3, 0.4) is 0 Å². The normalized spacial score (nSPS) is 23.6. The molecule has 96 valence electrons. The van der Waals surface area contributed by atoms with E-state index in [1.165, 1.54) is 0 Å². The van der Waals surface area contributed by atoms with E-state index in [-0.39, 0.29) is 5.60 Å². The summed E-state index contributed by atoms with van der Waals surface area (Å²) in [5.74, 6) is 0.921. The molecule has 2 rings (SSSR count). The second kappa shape index (κ2) is 4.22. The minimum atomic E-state index is -0.0572. The Morgan fingerprint density at radius 3 is 2.76 bits per heavy atom. The van der Waals surface area contributed by atoms with Crippen molar-refractivity contribution in [2.24, 2.45) is 7.05 Å². The molecule has 1 fully saturated rings. The van der Waals surface area contributed by atoms with Crippen LogP contribution in [0, 0.1) is 6.92 Å². The van der Waals surface area contributed by atoms with Gasteiger partial charge in [-0.25, -0.2) is 0 Å². The molecule has 0 bridgehead atoms. The Kier molecular flexibility index (Phi) is 3.03. The predicted octanol–water partition coefficient (Wildman–Crippen LogP) is 1.68. The fourth-order valence-corrected chi connectivity index (χ4v) is 2.39. The van der Waals surface area contributed by atoms with Gasteiger partial charge in [0, 0.05) is 19.7 Å². The van der Waals surface area contributed by atoms with Crippen molar-refractivity contribution in [1.82, 2.24) is 9.78 Å². The van der Waals surface area contributed by atoms with Crippen LogP contribution in [-0.4, -0.2) is 28.0 Å². The molecule has 0 aromatic carbocycles. The summed E-state index contributed by atoms with van der Waals surface area (Å²) in [7, 11) is 1.91. The lowest BCUT2D eigenvalue weighted by Crippen LogP contribution is -2.40. The van der Waals surface area contributed by atoms with Crippen molar-refractivity contribution in [2.45, 2.75) is 45.3 Å². The van der Waals surface area contributed by atoms with Gasteiger partial charge in [0.15, 0.2) is 0 Å². The van der Waals surface area contributed by atoms with Crippen molar-refractivity contribution < 1.29 is 4.74 Å². The number of nitrogens with zero attached hydrogens (tertiary/aromatic N) is 2. The molecule has 0 amide bonds. The maximum absolute atomic E-state index is 6.01. The summed E-state index contributed by atoms with van der Waals surface area (Å²) >= 11 is 0. The van der Waals surface area contributed by atoms with E-state index < -0.39 is 0 Å². The van der Waals surface area contributed by atoms with Crippen molar-refractivity contribution in [3.8, 4) is 0 Å². The average molecular weight is 238 g/mol. The number of anilines is 2. The highest BCUT2D eigenvalue weighted by atomic mass is 16.5. The Morgan fingerprint density at radius 2 is 2.24 bits per heavy atom. The van der Waals surface area contributed by atoms with E-state index in [0.29, 0.717) is 6.04 Å². The van der Waals surface area contributed by atoms with Crippen molar-refractivity contribution in [3.63, 3.8) is 0 Å². The number of nitrogens with two attached hydrogens (primary N) is 1. The number of hydrogen-bond donors (Lipinski definition) is 2. The Bertz CT molecular complexity index is 411. The van der Waals surface area contributed by atoms with Crippen molar-refractivity contribution in [1.29, 1.82) is 0 Å². The first kappa shape index (κ1) is 12.2. The number of aromatic nitrogens is 2. The molecule has 1 unspecified atom stereocenters. The number of aryl methyl sites for hydroxylation is 2. The van der Waals surface area contributed by atoms with Crippen LogP contribution in [0.25, 0.3) is 0 Å². The third kappa shape index (κ3) is 2.54. The number of hydrogen-bond acceptors (Lipinski definition) is 4. The predicted molar refractivity (Wildman–Crippen MR) is 69.0 cm³/mol. The molecule has 3 N–H and O–H groups in total. The molecule has 2 heterocycles. The van der Waals surface area contributed by atoms with Gasteiger partial charge in [0.05, 0.1) is 17.0 Å². The maximum atomic E-state index is 6.01. The van der Waals surface area contributed by atoms with Gasteiger partial charge >= 0.3 is 0 Å². The largest absolute Gasteiger partial charge is 0.394 e. The van der Waals surface area contributed by atoms with Gasteiger partial charge in [-0.15, -0.1) is 0 Å². The van der Waals surface area contributed by atoms with Crippen LogP contribution in [-0.2, 0) is 11.8 Å². The van der Waals surface area contributed by atoms with Gasteiger partial charge in [-0.1, -0.05) is 0 Å². The molecule has 1 aliphatic heterocycles. The van der Waals surface area contributed by atoms with E-state index in [1.807, 2.05) is 18.7 Å². The zero-order chi connectivity index (χ0) is 12.6. The second-order valence-electron chi connectivity index (χ2n) is 5.41. The van der Waals surface area contributed by atoms with Crippen LogP contribution in [0.1, 0.15) is 32.4 Å². The Balaban J connectivity index is 2.10. The SMILES string of the molecule is Cc1nn(C)c(NC2CCOC(C)(C)C2)c1N. The summed E-state index contributed by atoms with van der Waals surface area (Å²) in [4.78, 5) is 0. The smallest absolute Gasteiger partial charge is 0.147 e. The van der Waals surface area contributed by atoms with E-state index >= 15 is 0 Å². The summed E-state index contributed by atoms with van der Waals surface area (Å²) in [5.41, 5.74) is 7.58. The molecule has 1 aromatic rings. The van der Waals surface area contributed by atoms with E-state index in [2.05, 4.69) is 24.3 Å². The van der Waals surface area contributed by atoms with E-state index in [9.17, 15) is 0 Å². The van der Waals surface area contributed by atoms with Crippen LogP contribution in [0.2, 0.25) is 0 Å². The fourth-order valence-electron chi connectivity index (χ4n) is 2.39. The molecular weight excluding hydrogens is 216 g/mol. The lowest BCUT2D eigenvalue weighted by molar-refractivity contribution is -0.0553. The third-order valence-electron chi connectivity index (χ3n) is 3.31. The first-order chi connectivity index (χ1) is 7.89. The zero-order valence-corrected chi connectivity index (χ0v) is 11.1. The van der Waals surface area contributed by atoms with Crippen LogP contribution >= 0.6 is 0 Å². The molecule has 5 nitrogen and oxygen atoms in total. The second-order valence-corrected chi connectivity index (χ2v) is 5.41. The Labute approximate surface area is 102 Å². The fraction of sp³-hybridized carbons (Fsp3) is 0.750. The highest BCUT2D eigenvalue weighted by Crippen LogP contribution is 2.29. The van der Waals surface area contributed by atoms with Gasteiger partial charge in [-0.2, -0.15) is 5.10 Å². The lowest BCUT2D eigenvalue weighted by atomic mass is 9.94. The molecule has 0 saturated carbocycles. The molecule has 1 saturated heterocycles. The summed E-state index contributed by atoms with van der Waals surface area (Å²) in [6, 6.07) is 0.399. The van der Waals surface area contributed by atoms with Gasteiger partial charge < -0.3 is 15.8 Å². The average Bonchev–Trinajstić information content (AvgIpc) is 2.44. The van der Waals surface area contributed by atoms with E-state index in [4.69, 9.17) is 10.5 Å². The molecule has 0 aliphatic carbocycles. The number of nitrogens with one attached hydrogen (secondary N) is 1. The van der Waals surface area contributed by atoms with E-state index in [0.717, 1.165) is 36.6 Å². The van der Waals surface area contributed by atoms with Crippen molar-refractivity contribution >= 4 is 11.5 Å². The topological polar surface area (TPSA) is 65.1 Å². The number of rotatable bonds is 2. The molecule has 1 aliphatic rings. The Hall–Kier alpha value is -1.23. The highest BCUT2D eigenvalue weighted by Gasteiger charge is 2.29. The molecule has 0 spiro atoms. The van der Waals surface area contributed by atoms with Gasteiger partial charge in [0.2, 0.25) is 0 Å². The monoisotopic (exact) mass is 238 g/mol. The Morgan fingerprint density at radius 1 is 1.53 bits per heavy atom. The first-order valence-electron chi connectivity index (χ1n) is 6.08. The van der Waals surface area contributed by atoms with Gasteiger partial charge in [0.1, 0.15) is 5.82 Å². The van der Waals surface area contributed by atoms with Gasteiger partial charge in [0.25, 0.3) is 0 Å². The number of nitrogen functional groups attached to an aromatic ring is 1. The molecular formula is C12H22N4O. The minimum absolute atomic E-state index is 0.0572. The maximum Gasteiger partial charge on any atom is 0.147 e. The third-order valence-corrected chi connectivity index (χ3v) is 3.31. The molecule has 5 heteroatoms. The van der Waals surface area contributed by atoms with Crippen LogP contribution in [0.4, 0.5) is 11.5 Å². The van der Waals surface area contributed by atoms with Crippen LogP contribution < -0.4 is 11.1 Å². The standard InChI is InChI=1S/C12H22N4O/c1-8-10(13)11(16(4)15-8)14-9-5-6-17-12(2,3)7-9/h9,14H,5-7,13H2,1-4H3. The quantitative estimate of drug-likeness (QED) is 0.822. The van der Waals surface area contributed by atoms with E-state index in [1.54, 1.807) is 0 Å². The van der Waals surface area contributed by atoms with Crippen LogP contribution in [0.15, 0.2) is 0 Å². The molecule has 17 heavy (non-hydrogen) atoms. The summed E-state index contributed by atoms with van der Waals surface area (Å²) < 4.78 is 7.52. The van der Waals surface area contributed by atoms with Crippen molar-refractivity contribution in [2.75, 3.05) is 17.7 Å². The van der Waals surface area contributed by atoms with Crippen molar-refractivity contribution in [3.05, 3.63) is 5.69 Å². The summed E-state index contributed by atoms with van der Waals surface area (Å²) in [5, 5.41) is 7.80. The lowest BCUT2D eigenvalue weighted by Gasteiger charge is -2.36.